The van der Waals surface area contributed by atoms with E-state index in [9.17, 15) is 9.59 Å². The van der Waals surface area contributed by atoms with Gasteiger partial charge in [-0.2, -0.15) is 0 Å². The Bertz CT molecular complexity index is 1080. The molecule has 28 heavy (non-hydrogen) atoms. The molecule has 144 valence electrons. The molecule has 4 rings (SSSR count). The van der Waals surface area contributed by atoms with Crippen LogP contribution in [-0.4, -0.2) is 34.7 Å². The van der Waals surface area contributed by atoms with Crippen molar-refractivity contribution in [2.75, 3.05) is 13.2 Å². The molecule has 3 aromatic rings. The predicted octanol–water partition coefficient (Wildman–Crippen LogP) is 2.23. The number of hydrogen-bond acceptors (Lipinski definition) is 4. The maximum Gasteiger partial charge on any atom is 0.263 e. The topological polar surface area (TPSA) is 73.2 Å². The molecule has 1 aromatic carbocycles. The number of carbonyl (C=O) groups excluding carboxylic acids is 1. The normalized spacial score (nSPS) is 19.1. The minimum Gasteiger partial charge on any atom is -0.379 e. The van der Waals surface area contributed by atoms with Crippen LogP contribution in [0.25, 0.3) is 10.9 Å². The summed E-state index contributed by atoms with van der Waals surface area (Å²) < 4.78 is 7.14. The van der Waals surface area contributed by atoms with Crippen LogP contribution >= 0.6 is 0 Å². The highest BCUT2D eigenvalue weighted by Crippen LogP contribution is 2.24. The predicted molar refractivity (Wildman–Crippen MR) is 107 cm³/mol. The summed E-state index contributed by atoms with van der Waals surface area (Å²) in [5, 5.41) is 4.13. The van der Waals surface area contributed by atoms with E-state index in [2.05, 4.69) is 16.4 Å². The number of ether oxygens (including phenoxy) is 1. The smallest absolute Gasteiger partial charge is 0.263 e. The maximum atomic E-state index is 12.7. The molecule has 1 N–H and O–H groups in total. The number of fused-ring (bicyclic) bond motifs is 1. The summed E-state index contributed by atoms with van der Waals surface area (Å²) in [7, 11) is 1.67. The second-order valence-corrected chi connectivity index (χ2v) is 7.32. The zero-order valence-corrected chi connectivity index (χ0v) is 16.0. The number of rotatable bonds is 4. The minimum absolute atomic E-state index is 0.134. The van der Waals surface area contributed by atoms with Gasteiger partial charge >= 0.3 is 0 Å². The van der Waals surface area contributed by atoms with E-state index in [0.717, 1.165) is 23.0 Å². The minimum atomic E-state index is -0.347. The second kappa shape index (κ2) is 7.56. The first-order valence-corrected chi connectivity index (χ1v) is 9.42. The Kier molecular flexibility index (Phi) is 4.96. The lowest BCUT2D eigenvalue weighted by Crippen LogP contribution is -2.43. The first kappa shape index (κ1) is 18.4. The third-order valence-electron chi connectivity index (χ3n) is 5.54. The average molecular weight is 377 g/mol. The summed E-state index contributed by atoms with van der Waals surface area (Å²) in [4.78, 5) is 29.5. The number of aromatic nitrogens is 2. The molecular formula is C22H23N3O3. The highest BCUT2D eigenvalue weighted by atomic mass is 16.5. The molecule has 2 atom stereocenters. The summed E-state index contributed by atoms with van der Waals surface area (Å²) in [6.45, 7) is 2.86. The zero-order chi connectivity index (χ0) is 19.7. The number of pyridine rings is 2. The summed E-state index contributed by atoms with van der Waals surface area (Å²) in [5.74, 6) is -0.204. The quantitative estimate of drug-likeness (QED) is 0.757. The van der Waals surface area contributed by atoms with Gasteiger partial charge in [-0.25, -0.2) is 0 Å². The number of carbonyl (C=O) groups is 1. The molecule has 1 amide bonds. The van der Waals surface area contributed by atoms with Crippen molar-refractivity contribution in [2.24, 2.45) is 13.0 Å². The van der Waals surface area contributed by atoms with Gasteiger partial charge in [-0.05, 0) is 43.2 Å². The van der Waals surface area contributed by atoms with Crippen molar-refractivity contribution in [3.8, 4) is 0 Å². The molecule has 6 heteroatoms. The second-order valence-electron chi connectivity index (χ2n) is 7.32. The van der Waals surface area contributed by atoms with Gasteiger partial charge in [-0.1, -0.05) is 18.2 Å². The van der Waals surface area contributed by atoms with Crippen LogP contribution in [0.2, 0.25) is 0 Å². The molecule has 0 bridgehead atoms. The molecular weight excluding hydrogens is 354 g/mol. The van der Waals surface area contributed by atoms with Crippen molar-refractivity contribution < 1.29 is 9.53 Å². The number of nitrogens with one attached hydrogen (secondary N) is 1. The van der Waals surface area contributed by atoms with Gasteiger partial charge in [-0.3, -0.25) is 14.6 Å². The van der Waals surface area contributed by atoms with Gasteiger partial charge in [0.15, 0.2) is 0 Å². The molecule has 1 aliphatic rings. The van der Waals surface area contributed by atoms with Crippen LogP contribution in [0.4, 0.5) is 0 Å². The van der Waals surface area contributed by atoms with Crippen LogP contribution in [0.3, 0.4) is 0 Å². The zero-order valence-electron chi connectivity index (χ0n) is 16.0. The molecule has 0 saturated carbocycles. The van der Waals surface area contributed by atoms with E-state index in [1.807, 2.05) is 37.4 Å². The molecule has 0 unspecified atom stereocenters. The van der Waals surface area contributed by atoms with Gasteiger partial charge in [0, 0.05) is 30.2 Å². The van der Waals surface area contributed by atoms with Gasteiger partial charge in [0.2, 0.25) is 0 Å². The van der Waals surface area contributed by atoms with Crippen molar-refractivity contribution in [3.63, 3.8) is 0 Å². The highest BCUT2D eigenvalue weighted by molar-refractivity contribution is 5.94. The summed E-state index contributed by atoms with van der Waals surface area (Å²) in [6.07, 6.45) is 2.59. The Hall–Kier alpha value is -2.99. The third kappa shape index (κ3) is 3.43. The summed E-state index contributed by atoms with van der Waals surface area (Å²) >= 11 is 0. The monoisotopic (exact) mass is 377 g/mol. The van der Waals surface area contributed by atoms with Crippen LogP contribution in [0, 0.1) is 12.8 Å². The van der Waals surface area contributed by atoms with Crippen LogP contribution in [-0.2, 0) is 18.2 Å². The molecule has 3 heterocycles. The molecule has 2 aromatic heterocycles. The van der Waals surface area contributed by atoms with Crippen LogP contribution in [0.15, 0.2) is 53.5 Å². The molecule has 1 saturated heterocycles. The van der Waals surface area contributed by atoms with Crippen LogP contribution < -0.4 is 10.9 Å². The van der Waals surface area contributed by atoms with Crippen molar-refractivity contribution >= 4 is 16.8 Å². The lowest BCUT2D eigenvalue weighted by Gasteiger charge is -2.20. The fourth-order valence-electron chi connectivity index (χ4n) is 3.72. The van der Waals surface area contributed by atoms with Crippen LogP contribution in [0.1, 0.15) is 21.6 Å². The third-order valence-corrected chi connectivity index (χ3v) is 5.54. The molecule has 1 aliphatic heterocycles. The Balaban J connectivity index is 1.53. The van der Waals surface area contributed by atoms with Gasteiger partial charge in [0.25, 0.3) is 11.5 Å². The van der Waals surface area contributed by atoms with E-state index in [-0.39, 0.29) is 29.0 Å². The van der Waals surface area contributed by atoms with E-state index in [0.29, 0.717) is 13.2 Å². The first-order valence-electron chi connectivity index (χ1n) is 9.42. The van der Waals surface area contributed by atoms with Crippen molar-refractivity contribution in [1.82, 2.24) is 14.9 Å². The standard InChI is InChI=1S/C22H23N3O3/c1-14-7-8-18(22(27)25(14)2)21(26)24-20-13-28-12-16(20)11-15-9-10-23-19-6-4-3-5-17(15)19/h3-10,16,20H,11-13H2,1-2H3,(H,24,26)/t16-,20+/m1/s1. The first-order chi connectivity index (χ1) is 13.5. The van der Waals surface area contributed by atoms with E-state index in [1.165, 1.54) is 10.1 Å². The van der Waals surface area contributed by atoms with Crippen molar-refractivity contribution in [3.05, 3.63) is 75.8 Å². The SMILES string of the molecule is Cc1ccc(C(=O)N[C@H]2COC[C@H]2Cc2ccnc3ccccc23)c(=O)n1C. The fraction of sp³-hybridized carbons (Fsp3) is 0.318. The fourth-order valence-corrected chi connectivity index (χ4v) is 3.72. The molecule has 0 spiro atoms. The van der Waals surface area contributed by atoms with Gasteiger partial charge in [0.1, 0.15) is 5.56 Å². The maximum absolute atomic E-state index is 12.7. The van der Waals surface area contributed by atoms with Gasteiger partial charge < -0.3 is 14.6 Å². The Labute approximate surface area is 163 Å². The molecule has 0 radical (unpaired) electrons. The number of para-hydroxylation sites is 1. The Morgan fingerprint density at radius 1 is 1.21 bits per heavy atom. The van der Waals surface area contributed by atoms with Gasteiger partial charge in [0.05, 0.1) is 24.8 Å². The lowest BCUT2D eigenvalue weighted by atomic mass is 9.93. The average Bonchev–Trinajstić information content (AvgIpc) is 3.13. The van der Waals surface area contributed by atoms with Crippen LogP contribution in [0.5, 0.6) is 0 Å². The number of aryl methyl sites for hydroxylation is 1. The van der Waals surface area contributed by atoms with Crippen molar-refractivity contribution in [2.45, 2.75) is 19.4 Å². The Morgan fingerprint density at radius 3 is 2.89 bits per heavy atom. The highest BCUT2D eigenvalue weighted by Gasteiger charge is 2.31. The molecule has 1 fully saturated rings. The lowest BCUT2D eigenvalue weighted by molar-refractivity contribution is 0.0923. The van der Waals surface area contributed by atoms with E-state index < -0.39 is 0 Å². The van der Waals surface area contributed by atoms with E-state index >= 15 is 0 Å². The van der Waals surface area contributed by atoms with Gasteiger partial charge in [-0.15, -0.1) is 0 Å². The number of nitrogens with zero attached hydrogens (tertiary/aromatic N) is 2. The summed E-state index contributed by atoms with van der Waals surface area (Å²) in [6, 6.07) is 13.3. The molecule has 6 nitrogen and oxygen atoms in total. The Morgan fingerprint density at radius 2 is 2.04 bits per heavy atom. The number of amides is 1. The van der Waals surface area contributed by atoms with E-state index in [1.54, 1.807) is 19.2 Å². The van der Waals surface area contributed by atoms with E-state index in [4.69, 9.17) is 4.74 Å². The largest absolute Gasteiger partial charge is 0.379 e. The number of hydrogen-bond donors (Lipinski definition) is 1. The van der Waals surface area contributed by atoms with Crippen molar-refractivity contribution in [1.29, 1.82) is 0 Å². The molecule has 0 aliphatic carbocycles. The number of benzene rings is 1. The summed E-state index contributed by atoms with van der Waals surface area (Å²) in [5.41, 5.74) is 2.84.